The molecule has 0 saturated carbocycles. The standard InChI is InChI=1S/C5H10INS/c1-2-5(6)8-4-3-7/h3-5H,2,7H2,1H3/b4-3-. The highest BCUT2D eigenvalue weighted by Gasteiger charge is 1.94. The van der Waals surface area contributed by atoms with E-state index in [9.17, 15) is 0 Å². The summed E-state index contributed by atoms with van der Waals surface area (Å²) in [7, 11) is 0. The Morgan fingerprint density at radius 2 is 2.50 bits per heavy atom. The Balaban J connectivity index is 3.10. The van der Waals surface area contributed by atoms with Gasteiger partial charge in [-0.05, 0) is 11.8 Å². The first-order chi connectivity index (χ1) is 3.81. The van der Waals surface area contributed by atoms with Crippen LogP contribution in [0.5, 0.6) is 0 Å². The summed E-state index contributed by atoms with van der Waals surface area (Å²) >= 11 is 4.14. The van der Waals surface area contributed by atoms with E-state index in [2.05, 4.69) is 29.5 Å². The first-order valence-corrected chi connectivity index (χ1v) is 4.66. The molecule has 0 aromatic rings. The lowest BCUT2D eigenvalue weighted by Gasteiger charge is -1.98. The van der Waals surface area contributed by atoms with Crippen molar-refractivity contribution in [3.63, 3.8) is 0 Å². The average Bonchev–Trinajstić information content (AvgIpc) is 1.83. The van der Waals surface area contributed by atoms with Gasteiger partial charge in [-0.1, -0.05) is 29.5 Å². The summed E-state index contributed by atoms with van der Waals surface area (Å²) < 4.78 is 0.674. The lowest BCUT2D eigenvalue weighted by molar-refractivity contribution is 1.09. The van der Waals surface area contributed by atoms with Crippen molar-refractivity contribution in [3.8, 4) is 0 Å². The predicted molar refractivity (Wildman–Crippen MR) is 49.0 cm³/mol. The molecule has 2 N–H and O–H groups in total. The quantitative estimate of drug-likeness (QED) is 0.608. The normalized spacial score (nSPS) is 14.8. The van der Waals surface area contributed by atoms with Crippen molar-refractivity contribution in [1.29, 1.82) is 0 Å². The SMILES string of the molecule is CCC(I)S/C=C\N. The van der Waals surface area contributed by atoms with Crippen LogP contribution in [0.3, 0.4) is 0 Å². The van der Waals surface area contributed by atoms with Crippen LogP contribution in [0.2, 0.25) is 0 Å². The van der Waals surface area contributed by atoms with Gasteiger partial charge in [0, 0.05) is 6.20 Å². The molecule has 0 bridgehead atoms. The molecule has 0 fully saturated rings. The van der Waals surface area contributed by atoms with Gasteiger partial charge in [-0.2, -0.15) is 0 Å². The van der Waals surface area contributed by atoms with Gasteiger partial charge in [0.25, 0.3) is 0 Å². The van der Waals surface area contributed by atoms with E-state index in [-0.39, 0.29) is 0 Å². The first-order valence-electron chi connectivity index (χ1n) is 2.47. The van der Waals surface area contributed by atoms with Crippen LogP contribution in [0.1, 0.15) is 13.3 Å². The molecule has 0 heterocycles. The molecule has 0 radical (unpaired) electrons. The van der Waals surface area contributed by atoms with E-state index in [1.807, 2.05) is 5.41 Å². The summed E-state index contributed by atoms with van der Waals surface area (Å²) in [6.45, 7) is 2.16. The van der Waals surface area contributed by atoms with E-state index >= 15 is 0 Å². The summed E-state index contributed by atoms with van der Waals surface area (Å²) in [5.41, 5.74) is 5.13. The fourth-order valence-corrected chi connectivity index (χ4v) is 1.19. The molecular weight excluding hydrogens is 233 g/mol. The van der Waals surface area contributed by atoms with Gasteiger partial charge in [-0.25, -0.2) is 0 Å². The molecule has 0 saturated heterocycles. The number of thioether (sulfide) groups is 1. The molecule has 8 heavy (non-hydrogen) atoms. The van der Waals surface area contributed by atoms with E-state index < -0.39 is 0 Å². The molecule has 0 amide bonds. The number of rotatable bonds is 3. The van der Waals surface area contributed by atoms with Gasteiger partial charge in [0.2, 0.25) is 0 Å². The number of hydrogen-bond acceptors (Lipinski definition) is 2. The monoisotopic (exact) mass is 243 g/mol. The Morgan fingerprint density at radius 3 is 2.88 bits per heavy atom. The molecule has 48 valence electrons. The molecular formula is C5H10INS. The van der Waals surface area contributed by atoms with Gasteiger partial charge in [0.1, 0.15) is 0 Å². The fourth-order valence-electron chi connectivity index (χ4n) is 0.227. The highest BCUT2D eigenvalue weighted by Crippen LogP contribution is 2.21. The van der Waals surface area contributed by atoms with Crippen molar-refractivity contribution in [3.05, 3.63) is 11.6 Å². The Kier molecular flexibility index (Phi) is 6.20. The van der Waals surface area contributed by atoms with Crippen LogP contribution >= 0.6 is 34.4 Å². The van der Waals surface area contributed by atoms with Crippen molar-refractivity contribution in [2.24, 2.45) is 5.73 Å². The second kappa shape index (κ2) is 5.75. The molecule has 3 heteroatoms. The lowest BCUT2D eigenvalue weighted by atomic mass is 10.6. The van der Waals surface area contributed by atoms with Crippen molar-refractivity contribution in [1.82, 2.24) is 0 Å². The summed E-state index contributed by atoms with van der Waals surface area (Å²) in [4.78, 5) is 0. The minimum absolute atomic E-state index is 0.674. The van der Waals surface area contributed by atoms with E-state index in [4.69, 9.17) is 5.73 Å². The zero-order chi connectivity index (χ0) is 6.41. The summed E-state index contributed by atoms with van der Waals surface area (Å²) in [5.74, 6) is 0. The molecule has 0 rings (SSSR count). The maximum Gasteiger partial charge on any atom is 0.0603 e. The van der Waals surface area contributed by atoms with Gasteiger partial charge >= 0.3 is 0 Å². The summed E-state index contributed by atoms with van der Waals surface area (Å²) in [6.07, 6.45) is 2.77. The Bertz CT molecular complexity index is 74.8. The summed E-state index contributed by atoms with van der Waals surface area (Å²) in [6, 6.07) is 0. The lowest BCUT2D eigenvalue weighted by Crippen LogP contribution is -1.83. The largest absolute Gasteiger partial charge is 0.404 e. The number of halogens is 1. The Hall–Kier alpha value is 0.620. The van der Waals surface area contributed by atoms with Crippen LogP contribution in [-0.2, 0) is 0 Å². The van der Waals surface area contributed by atoms with Gasteiger partial charge < -0.3 is 5.73 Å². The zero-order valence-corrected chi connectivity index (χ0v) is 7.78. The smallest absolute Gasteiger partial charge is 0.0603 e. The van der Waals surface area contributed by atoms with Crippen molar-refractivity contribution >= 4 is 34.4 Å². The minimum Gasteiger partial charge on any atom is -0.404 e. The van der Waals surface area contributed by atoms with E-state index in [0.717, 1.165) is 0 Å². The number of alkyl halides is 1. The van der Waals surface area contributed by atoms with E-state index in [0.29, 0.717) is 3.26 Å². The molecule has 0 spiro atoms. The van der Waals surface area contributed by atoms with Gasteiger partial charge in [0.15, 0.2) is 0 Å². The second-order valence-corrected chi connectivity index (χ2v) is 4.75. The average molecular weight is 243 g/mol. The topological polar surface area (TPSA) is 26.0 Å². The van der Waals surface area contributed by atoms with Gasteiger partial charge in [-0.3, -0.25) is 0 Å². The van der Waals surface area contributed by atoms with Crippen LogP contribution in [-0.4, -0.2) is 3.26 Å². The van der Waals surface area contributed by atoms with E-state index in [1.165, 1.54) is 6.42 Å². The van der Waals surface area contributed by atoms with Crippen LogP contribution in [0, 0.1) is 0 Å². The third-order valence-corrected chi connectivity index (χ3v) is 3.33. The third-order valence-electron chi connectivity index (χ3n) is 0.626. The highest BCUT2D eigenvalue weighted by atomic mass is 127. The number of nitrogens with two attached hydrogens (primary N) is 1. The van der Waals surface area contributed by atoms with Crippen LogP contribution in [0.25, 0.3) is 0 Å². The molecule has 0 aliphatic rings. The highest BCUT2D eigenvalue weighted by molar-refractivity contribution is 14.1. The summed E-state index contributed by atoms with van der Waals surface area (Å²) in [5, 5.41) is 1.92. The van der Waals surface area contributed by atoms with Crippen LogP contribution < -0.4 is 5.73 Å². The maximum atomic E-state index is 5.13. The Labute approximate surface area is 68.2 Å². The third kappa shape index (κ3) is 4.77. The van der Waals surface area contributed by atoms with Crippen LogP contribution in [0.15, 0.2) is 11.6 Å². The second-order valence-electron chi connectivity index (χ2n) is 1.28. The fraction of sp³-hybridized carbons (Fsp3) is 0.600. The maximum absolute atomic E-state index is 5.13. The van der Waals surface area contributed by atoms with E-state index in [1.54, 1.807) is 18.0 Å². The molecule has 0 aromatic carbocycles. The van der Waals surface area contributed by atoms with Crippen molar-refractivity contribution < 1.29 is 0 Å². The Morgan fingerprint density at radius 1 is 1.88 bits per heavy atom. The van der Waals surface area contributed by atoms with Gasteiger partial charge in [-0.15, -0.1) is 11.8 Å². The molecule has 0 aromatic heterocycles. The van der Waals surface area contributed by atoms with Crippen molar-refractivity contribution in [2.75, 3.05) is 0 Å². The minimum atomic E-state index is 0.674. The molecule has 0 aliphatic carbocycles. The number of hydrogen-bond donors (Lipinski definition) is 1. The van der Waals surface area contributed by atoms with Gasteiger partial charge in [0.05, 0.1) is 3.26 Å². The zero-order valence-electron chi connectivity index (χ0n) is 4.80. The van der Waals surface area contributed by atoms with Crippen LogP contribution in [0.4, 0.5) is 0 Å². The predicted octanol–water partition coefficient (Wildman–Crippen LogP) is 2.32. The molecule has 1 unspecified atom stereocenters. The molecule has 1 atom stereocenters. The molecule has 1 nitrogen and oxygen atoms in total. The van der Waals surface area contributed by atoms with Crippen molar-refractivity contribution in [2.45, 2.75) is 16.6 Å². The first kappa shape index (κ1) is 8.62. The molecule has 0 aliphatic heterocycles.